The van der Waals surface area contributed by atoms with E-state index < -0.39 is 0 Å². The predicted octanol–water partition coefficient (Wildman–Crippen LogP) is 5.20. The van der Waals surface area contributed by atoms with Crippen molar-refractivity contribution >= 4 is 23.2 Å². The molecule has 1 atom stereocenters. The second-order valence-corrected chi connectivity index (χ2v) is 6.30. The number of rotatable bonds is 4. The van der Waals surface area contributed by atoms with Crippen LogP contribution in [-0.4, -0.2) is 12.7 Å². The van der Waals surface area contributed by atoms with E-state index in [1.807, 2.05) is 13.0 Å². The number of benzene rings is 1. The summed E-state index contributed by atoms with van der Waals surface area (Å²) >= 11 is 12.7. The first-order valence-electron chi connectivity index (χ1n) is 6.43. The van der Waals surface area contributed by atoms with Crippen molar-refractivity contribution < 1.29 is 4.74 Å². The van der Waals surface area contributed by atoms with Gasteiger partial charge < -0.3 is 4.74 Å². The molecule has 0 saturated heterocycles. The van der Waals surface area contributed by atoms with Crippen LogP contribution in [-0.2, 0) is 4.74 Å². The number of hydrogen-bond donors (Lipinski definition) is 0. The highest BCUT2D eigenvalue weighted by Gasteiger charge is 2.39. The second kappa shape index (κ2) is 5.40. The van der Waals surface area contributed by atoms with Crippen LogP contribution in [0, 0.1) is 13.8 Å². The van der Waals surface area contributed by atoms with E-state index >= 15 is 0 Å². The van der Waals surface area contributed by atoms with Gasteiger partial charge in [0.05, 0.1) is 11.0 Å². The van der Waals surface area contributed by atoms with E-state index in [4.69, 9.17) is 27.9 Å². The van der Waals surface area contributed by atoms with Gasteiger partial charge in [0.1, 0.15) is 0 Å². The lowest BCUT2D eigenvalue weighted by Crippen LogP contribution is -2.40. The number of halogens is 2. The molecule has 0 aliphatic heterocycles. The summed E-state index contributed by atoms with van der Waals surface area (Å²) in [5.41, 5.74) is 3.44. The Balaban J connectivity index is 2.18. The summed E-state index contributed by atoms with van der Waals surface area (Å²) in [6, 6.07) is 4.11. The maximum atomic E-state index is 6.59. The molecule has 1 nitrogen and oxygen atoms in total. The molecule has 1 aromatic rings. The molecule has 1 saturated carbocycles. The Labute approximate surface area is 119 Å². The highest BCUT2D eigenvalue weighted by Crippen LogP contribution is 2.44. The molecule has 0 bridgehead atoms. The van der Waals surface area contributed by atoms with Crippen LogP contribution in [0.15, 0.2) is 12.1 Å². The molecule has 100 valence electrons. The summed E-state index contributed by atoms with van der Waals surface area (Å²) in [5.74, 6) is 0. The lowest BCUT2D eigenvalue weighted by atomic mass is 9.75. The van der Waals surface area contributed by atoms with E-state index in [0.717, 1.165) is 35.4 Å². The summed E-state index contributed by atoms with van der Waals surface area (Å²) in [6.45, 7) is 4.08. The quantitative estimate of drug-likeness (QED) is 0.692. The second-order valence-electron chi connectivity index (χ2n) is 5.37. The van der Waals surface area contributed by atoms with E-state index in [-0.39, 0.29) is 11.0 Å². The lowest BCUT2D eigenvalue weighted by molar-refractivity contribution is -0.0780. The third kappa shape index (κ3) is 2.68. The van der Waals surface area contributed by atoms with E-state index in [9.17, 15) is 0 Å². The number of hydrogen-bond acceptors (Lipinski definition) is 1. The van der Waals surface area contributed by atoms with Crippen molar-refractivity contribution in [2.24, 2.45) is 0 Å². The fourth-order valence-corrected chi connectivity index (χ4v) is 3.37. The van der Waals surface area contributed by atoms with Gasteiger partial charge in [-0.15, -0.1) is 11.6 Å². The smallest absolute Gasteiger partial charge is 0.0696 e. The normalized spacial score (nSPS) is 19.4. The molecule has 1 aliphatic carbocycles. The molecule has 0 spiro atoms. The molecule has 0 N–H and O–H groups in total. The van der Waals surface area contributed by atoms with Crippen molar-refractivity contribution in [1.82, 2.24) is 0 Å². The Bertz CT molecular complexity index is 433. The van der Waals surface area contributed by atoms with Crippen LogP contribution < -0.4 is 0 Å². The third-order valence-electron chi connectivity index (χ3n) is 4.13. The molecule has 1 aromatic carbocycles. The average molecular weight is 287 g/mol. The lowest BCUT2D eigenvalue weighted by Gasteiger charge is -2.42. The Morgan fingerprint density at radius 3 is 2.44 bits per heavy atom. The predicted molar refractivity (Wildman–Crippen MR) is 77.7 cm³/mol. The van der Waals surface area contributed by atoms with Crippen LogP contribution in [0.1, 0.15) is 47.8 Å². The molecule has 18 heavy (non-hydrogen) atoms. The van der Waals surface area contributed by atoms with Crippen LogP contribution in [0.25, 0.3) is 0 Å². The molecule has 1 unspecified atom stereocenters. The highest BCUT2D eigenvalue weighted by atomic mass is 35.5. The number of alkyl halides is 1. The molecule has 0 amide bonds. The van der Waals surface area contributed by atoms with Gasteiger partial charge in [-0.05, 0) is 62.3 Å². The van der Waals surface area contributed by atoms with E-state index in [2.05, 4.69) is 13.0 Å². The molecule has 1 fully saturated rings. The molecule has 1 aliphatic rings. The van der Waals surface area contributed by atoms with E-state index in [1.165, 1.54) is 12.0 Å². The summed E-state index contributed by atoms with van der Waals surface area (Å²) < 4.78 is 5.65. The van der Waals surface area contributed by atoms with Gasteiger partial charge >= 0.3 is 0 Å². The molecule has 0 radical (unpaired) electrons. The summed E-state index contributed by atoms with van der Waals surface area (Å²) in [4.78, 5) is 0. The first-order valence-corrected chi connectivity index (χ1v) is 7.25. The first-order chi connectivity index (χ1) is 8.47. The van der Waals surface area contributed by atoms with Gasteiger partial charge in [-0.3, -0.25) is 0 Å². The topological polar surface area (TPSA) is 9.23 Å². The monoisotopic (exact) mass is 286 g/mol. The zero-order valence-electron chi connectivity index (χ0n) is 11.2. The minimum atomic E-state index is 0.00113. The summed E-state index contributed by atoms with van der Waals surface area (Å²) in [7, 11) is 1.79. The Morgan fingerprint density at radius 2 is 1.94 bits per heavy atom. The van der Waals surface area contributed by atoms with Crippen LogP contribution >= 0.6 is 23.2 Å². The van der Waals surface area contributed by atoms with Crippen LogP contribution in [0.3, 0.4) is 0 Å². The summed E-state index contributed by atoms with van der Waals surface area (Å²) in [5, 5.41) is 0.812. The average Bonchev–Trinajstić information content (AvgIpc) is 2.28. The van der Waals surface area contributed by atoms with Crippen molar-refractivity contribution in [2.75, 3.05) is 7.11 Å². The number of ether oxygens (including phenoxy) is 1. The van der Waals surface area contributed by atoms with E-state index in [1.54, 1.807) is 7.11 Å². The van der Waals surface area contributed by atoms with Gasteiger partial charge in [-0.2, -0.15) is 0 Å². The number of aryl methyl sites for hydroxylation is 2. The molecular formula is C15H20Cl2O. The Morgan fingerprint density at radius 1 is 1.28 bits per heavy atom. The fraction of sp³-hybridized carbons (Fsp3) is 0.600. The van der Waals surface area contributed by atoms with Gasteiger partial charge in [0.25, 0.3) is 0 Å². The Hall–Kier alpha value is -0.240. The van der Waals surface area contributed by atoms with Crippen LogP contribution in [0.5, 0.6) is 0 Å². The van der Waals surface area contributed by atoms with Gasteiger partial charge in [0.15, 0.2) is 0 Å². The van der Waals surface area contributed by atoms with Crippen LogP contribution in [0.2, 0.25) is 5.02 Å². The van der Waals surface area contributed by atoms with Crippen molar-refractivity contribution in [2.45, 2.75) is 50.5 Å². The zero-order chi connectivity index (χ0) is 13.3. The largest absolute Gasteiger partial charge is 0.378 e. The Kier molecular flexibility index (Phi) is 4.25. The molecule has 3 heteroatoms. The standard InChI is InChI=1S/C15H20Cl2O/c1-10-8-13(16)11(2)7-12(10)14(17)9-15(18-3)5-4-6-15/h7-8,14H,4-6,9H2,1-3H3. The minimum Gasteiger partial charge on any atom is -0.378 e. The fourth-order valence-electron chi connectivity index (χ4n) is 2.64. The van der Waals surface area contributed by atoms with Crippen molar-refractivity contribution in [3.63, 3.8) is 0 Å². The number of methoxy groups -OCH3 is 1. The van der Waals surface area contributed by atoms with Gasteiger partial charge in [-0.25, -0.2) is 0 Å². The highest BCUT2D eigenvalue weighted by molar-refractivity contribution is 6.31. The van der Waals surface area contributed by atoms with Crippen LogP contribution in [0.4, 0.5) is 0 Å². The van der Waals surface area contributed by atoms with E-state index in [0.29, 0.717) is 0 Å². The first kappa shape index (κ1) is 14.2. The zero-order valence-corrected chi connectivity index (χ0v) is 12.7. The molecular weight excluding hydrogens is 267 g/mol. The van der Waals surface area contributed by atoms with Gasteiger partial charge in [-0.1, -0.05) is 17.7 Å². The summed E-state index contributed by atoms with van der Waals surface area (Å²) in [6.07, 6.45) is 4.37. The SMILES string of the molecule is COC1(CC(Cl)c2cc(C)c(Cl)cc2C)CCC1. The molecule has 0 aromatic heterocycles. The van der Waals surface area contributed by atoms with Gasteiger partial charge in [0, 0.05) is 12.1 Å². The maximum absolute atomic E-state index is 6.59. The van der Waals surface area contributed by atoms with Crippen molar-refractivity contribution in [3.8, 4) is 0 Å². The molecule has 0 heterocycles. The maximum Gasteiger partial charge on any atom is 0.0696 e. The third-order valence-corrected chi connectivity index (χ3v) is 4.93. The van der Waals surface area contributed by atoms with Crippen molar-refractivity contribution in [3.05, 3.63) is 33.8 Å². The van der Waals surface area contributed by atoms with Crippen molar-refractivity contribution in [1.29, 1.82) is 0 Å². The minimum absolute atomic E-state index is 0.00113. The molecule has 2 rings (SSSR count). The van der Waals surface area contributed by atoms with Gasteiger partial charge in [0.2, 0.25) is 0 Å².